The van der Waals surface area contributed by atoms with Crippen LogP contribution in [-0.4, -0.2) is 43.2 Å². The van der Waals surface area contributed by atoms with Gasteiger partial charge in [0.05, 0.1) is 6.20 Å². The second kappa shape index (κ2) is 8.52. The van der Waals surface area contributed by atoms with Crippen molar-refractivity contribution in [2.75, 3.05) is 38.1 Å². The molecule has 94 valence electrons. The van der Waals surface area contributed by atoms with Crippen LogP contribution in [-0.2, 0) is 0 Å². The Morgan fingerprint density at radius 1 is 1.35 bits per heavy atom. The molecular weight excluding hydrogens is 214 g/mol. The van der Waals surface area contributed by atoms with E-state index < -0.39 is 0 Å². The Hall–Kier alpha value is -1.62. The first-order chi connectivity index (χ1) is 8.34. The van der Waals surface area contributed by atoms with E-state index >= 15 is 0 Å². The summed E-state index contributed by atoms with van der Waals surface area (Å²) in [6.45, 7) is 7.45. The Bertz CT molecular complexity index is 301. The molecule has 0 radical (unpaired) electrons. The van der Waals surface area contributed by atoms with Gasteiger partial charge < -0.3 is 15.5 Å². The molecule has 0 amide bonds. The lowest BCUT2D eigenvalue weighted by atomic mass is 10.4. The molecule has 0 aromatic carbocycles. The van der Waals surface area contributed by atoms with Gasteiger partial charge in [-0.15, -0.1) is 0 Å². The molecule has 1 aromatic rings. The summed E-state index contributed by atoms with van der Waals surface area (Å²) in [7, 11) is 2.03. The molecule has 1 aromatic heterocycles. The number of anilines is 1. The maximum Gasteiger partial charge on any atom is 0.146 e. The van der Waals surface area contributed by atoms with Gasteiger partial charge in [0.15, 0.2) is 0 Å². The SMILES string of the molecule is C=CNCCNCCCN(C)c1cnccn1. The fraction of sp³-hybridized carbons (Fsp3) is 0.500. The topological polar surface area (TPSA) is 53.1 Å². The molecule has 2 N–H and O–H groups in total. The maximum absolute atomic E-state index is 4.24. The zero-order chi connectivity index (χ0) is 12.3. The molecule has 0 atom stereocenters. The Balaban J connectivity index is 2.05. The molecular formula is C12H21N5. The fourth-order valence-electron chi connectivity index (χ4n) is 1.43. The third-order valence-electron chi connectivity index (χ3n) is 2.38. The lowest BCUT2D eigenvalue weighted by molar-refractivity contribution is 0.629. The predicted molar refractivity (Wildman–Crippen MR) is 71.0 cm³/mol. The van der Waals surface area contributed by atoms with Crippen molar-refractivity contribution in [1.29, 1.82) is 0 Å². The highest BCUT2D eigenvalue weighted by atomic mass is 15.2. The van der Waals surface area contributed by atoms with E-state index in [-0.39, 0.29) is 0 Å². The van der Waals surface area contributed by atoms with Crippen molar-refractivity contribution in [2.24, 2.45) is 0 Å². The molecule has 1 rings (SSSR count). The van der Waals surface area contributed by atoms with Gasteiger partial charge in [-0.25, -0.2) is 4.98 Å². The van der Waals surface area contributed by atoms with Gasteiger partial charge in [0, 0.05) is 39.1 Å². The smallest absolute Gasteiger partial charge is 0.146 e. The normalized spacial score (nSPS) is 9.94. The van der Waals surface area contributed by atoms with Gasteiger partial charge in [0.2, 0.25) is 0 Å². The number of nitrogens with one attached hydrogen (secondary N) is 2. The molecule has 17 heavy (non-hydrogen) atoms. The molecule has 0 saturated carbocycles. The molecule has 0 aliphatic carbocycles. The van der Waals surface area contributed by atoms with E-state index in [0.29, 0.717) is 0 Å². The van der Waals surface area contributed by atoms with Crippen molar-refractivity contribution in [3.8, 4) is 0 Å². The lowest BCUT2D eigenvalue weighted by Gasteiger charge is -2.17. The number of rotatable bonds is 9. The van der Waals surface area contributed by atoms with E-state index in [1.807, 2.05) is 7.05 Å². The van der Waals surface area contributed by atoms with Gasteiger partial charge in [-0.05, 0) is 19.2 Å². The summed E-state index contributed by atoms with van der Waals surface area (Å²) in [4.78, 5) is 10.4. The van der Waals surface area contributed by atoms with Crippen LogP contribution in [0.1, 0.15) is 6.42 Å². The molecule has 0 unspecified atom stereocenters. The second-order valence-corrected chi connectivity index (χ2v) is 3.75. The minimum atomic E-state index is 0.917. The first-order valence-corrected chi connectivity index (χ1v) is 5.86. The van der Waals surface area contributed by atoms with E-state index in [1.165, 1.54) is 0 Å². The first kappa shape index (κ1) is 13.4. The van der Waals surface area contributed by atoms with Crippen molar-refractivity contribution < 1.29 is 0 Å². The Labute approximate surface area is 103 Å². The van der Waals surface area contributed by atoms with Crippen LogP contribution in [0, 0.1) is 0 Å². The van der Waals surface area contributed by atoms with Crippen LogP contribution in [0.3, 0.4) is 0 Å². The summed E-state index contributed by atoms with van der Waals surface area (Å²) < 4.78 is 0. The van der Waals surface area contributed by atoms with Gasteiger partial charge in [-0.2, -0.15) is 0 Å². The van der Waals surface area contributed by atoms with E-state index in [4.69, 9.17) is 0 Å². The molecule has 0 aliphatic heterocycles. The predicted octanol–water partition coefficient (Wildman–Crippen LogP) is 0.626. The van der Waals surface area contributed by atoms with Crippen LogP contribution < -0.4 is 15.5 Å². The van der Waals surface area contributed by atoms with Crippen LogP contribution in [0.2, 0.25) is 0 Å². The quantitative estimate of drug-likeness (QED) is 0.615. The molecule has 0 aliphatic rings. The van der Waals surface area contributed by atoms with Gasteiger partial charge >= 0.3 is 0 Å². The highest BCUT2D eigenvalue weighted by molar-refractivity contribution is 5.33. The van der Waals surface area contributed by atoms with Gasteiger partial charge in [-0.3, -0.25) is 4.98 Å². The molecule has 0 bridgehead atoms. The minimum Gasteiger partial charge on any atom is -0.390 e. The molecule has 0 spiro atoms. The summed E-state index contributed by atoms with van der Waals surface area (Å²) in [5, 5.41) is 6.40. The van der Waals surface area contributed by atoms with Crippen molar-refractivity contribution in [3.05, 3.63) is 31.4 Å². The largest absolute Gasteiger partial charge is 0.390 e. The highest BCUT2D eigenvalue weighted by Gasteiger charge is 2.00. The zero-order valence-corrected chi connectivity index (χ0v) is 10.4. The maximum atomic E-state index is 4.24. The van der Waals surface area contributed by atoms with E-state index in [9.17, 15) is 0 Å². The summed E-state index contributed by atoms with van der Waals surface area (Å²) >= 11 is 0. The van der Waals surface area contributed by atoms with E-state index in [1.54, 1.807) is 24.8 Å². The monoisotopic (exact) mass is 235 g/mol. The van der Waals surface area contributed by atoms with Gasteiger partial charge in [0.25, 0.3) is 0 Å². The van der Waals surface area contributed by atoms with Crippen LogP contribution in [0.25, 0.3) is 0 Å². The summed E-state index contributed by atoms with van der Waals surface area (Å²) in [6.07, 6.45) is 7.97. The fourth-order valence-corrected chi connectivity index (χ4v) is 1.43. The number of hydrogen-bond donors (Lipinski definition) is 2. The van der Waals surface area contributed by atoms with Crippen molar-refractivity contribution in [1.82, 2.24) is 20.6 Å². The molecule has 5 nitrogen and oxygen atoms in total. The van der Waals surface area contributed by atoms with Crippen LogP contribution in [0.4, 0.5) is 5.82 Å². The van der Waals surface area contributed by atoms with Crippen LogP contribution >= 0.6 is 0 Å². The van der Waals surface area contributed by atoms with E-state index in [0.717, 1.165) is 38.4 Å². The Morgan fingerprint density at radius 3 is 2.94 bits per heavy atom. The Morgan fingerprint density at radius 2 is 2.24 bits per heavy atom. The average molecular weight is 235 g/mol. The van der Waals surface area contributed by atoms with Crippen LogP contribution in [0.5, 0.6) is 0 Å². The van der Waals surface area contributed by atoms with Gasteiger partial charge in [-0.1, -0.05) is 6.58 Å². The standard InChI is InChI=1S/C12H21N5/c1-3-13-6-7-14-5-4-10-17(2)12-11-15-8-9-16-12/h3,8-9,11,13-14H,1,4-7,10H2,2H3. The Kier molecular flexibility index (Phi) is 6.74. The zero-order valence-electron chi connectivity index (χ0n) is 10.4. The minimum absolute atomic E-state index is 0.917. The summed E-state index contributed by atoms with van der Waals surface area (Å²) in [6, 6.07) is 0. The molecule has 1 heterocycles. The first-order valence-electron chi connectivity index (χ1n) is 5.86. The molecule has 0 fully saturated rings. The third kappa shape index (κ3) is 5.87. The van der Waals surface area contributed by atoms with Crippen molar-refractivity contribution in [2.45, 2.75) is 6.42 Å². The lowest BCUT2D eigenvalue weighted by Crippen LogP contribution is -2.28. The number of aromatic nitrogens is 2. The molecule has 5 heteroatoms. The van der Waals surface area contributed by atoms with Gasteiger partial charge in [0.1, 0.15) is 5.82 Å². The van der Waals surface area contributed by atoms with Crippen molar-refractivity contribution in [3.63, 3.8) is 0 Å². The van der Waals surface area contributed by atoms with E-state index in [2.05, 4.69) is 32.1 Å². The summed E-state index contributed by atoms with van der Waals surface area (Å²) in [5.74, 6) is 0.917. The average Bonchev–Trinajstić information content (AvgIpc) is 2.38. The van der Waals surface area contributed by atoms with Crippen molar-refractivity contribution >= 4 is 5.82 Å². The number of hydrogen-bond acceptors (Lipinski definition) is 5. The van der Waals surface area contributed by atoms with Crippen LogP contribution in [0.15, 0.2) is 31.4 Å². The second-order valence-electron chi connectivity index (χ2n) is 3.75. The highest BCUT2D eigenvalue weighted by Crippen LogP contribution is 2.04. The molecule has 0 saturated heterocycles. The summed E-state index contributed by atoms with van der Waals surface area (Å²) in [5.41, 5.74) is 0. The third-order valence-corrected chi connectivity index (χ3v) is 2.38. The number of nitrogens with zero attached hydrogens (tertiary/aromatic N) is 3.